The molecule has 1 nitrogen and oxygen atoms in total. The summed E-state index contributed by atoms with van der Waals surface area (Å²) < 4.78 is 0. The Bertz CT molecular complexity index is 1040. The van der Waals surface area contributed by atoms with Gasteiger partial charge in [0.15, 0.2) is 0 Å². The van der Waals surface area contributed by atoms with E-state index in [2.05, 4.69) is 99.9 Å². The Hall–Kier alpha value is -1.28. The van der Waals surface area contributed by atoms with Crippen LogP contribution in [-0.4, -0.2) is 11.3 Å². The first kappa shape index (κ1) is 26.3. The molecule has 33 heavy (non-hydrogen) atoms. The van der Waals surface area contributed by atoms with Crippen molar-refractivity contribution in [1.29, 1.82) is 0 Å². The van der Waals surface area contributed by atoms with Crippen molar-refractivity contribution >= 4 is 66.7 Å². The molecule has 0 radical (unpaired) electrons. The molecule has 0 bridgehead atoms. The van der Waals surface area contributed by atoms with Crippen molar-refractivity contribution in [2.24, 2.45) is 0 Å². The molecule has 4 aromatic carbocycles. The van der Waals surface area contributed by atoms with E-state index in [1.165, 1.54) is 15.9 Å². The fourth-order valence-electron chi connectivity index (χ4n) is 4.60. The predicted octanol–water partition coefficient (Wildman–Crippen LogP) is 7.09. The molecule has 4 rings (SSSR count). The summed E-state index contributed by atoms with van der Waals surface area (Å²) in [6.07, 6.45) is -0.793. The second-order valence-corrected chi connectivity index (χ2v) is 16.9. The SMILES string of the molecule is I.OC(CCCP(P)(c1ccccc1)(c1ccccc1)c1ccccc1)c1ccc(Cl)cc1. The molecule has 0 amide bonds. The number of benzene rings is 4. The molecule has 0 saturated heterocycles. The zero-order valence-electron chi connectivity index (χ0n) is 18.4. The number of aliphatic hydroxyl groups is 1. The second-order valence-electron chi connectivity index (χ2n) is 8.32. The van der Waals surface area contributed by atoms with E-state index >= 15 is 0 Å². The molecule has 0 aliphatic heterocycles. The molecule has 2 unspecified atom stereocenters. The third kappa shape index (κ3) is 5.37. The molecular formula is C28H30ClIOP2. The Labute approximate surface area is 221 Å². The quantitative estimate of drug-likeness (QED) is 0.168. The van der Waals surface area contributed by atoms with Crippen molar-refractivity contribution in [3.05, 3.63) is 126 Å². The third-order valence-electron chi connectivity index (χ3n) is 6.39. The summed E-state index contributed by atoms with van der Waals surface area (Å²) in [5, 5.41) is 15.6. The number of halogens is 2. The minimum atomic E-state index is -2.83. The van der Waals surface area contributed by atoms with Gasteiger partial charge in [0, 0.05) is 0 Å². The molecule has 0 aromatic heterocycles. The van der Waals surface area contributed by atoms with Gasteiger partial charge in [-0.3, -0.25) is 0 Å². The molecular weight excluding hydrogens is 577 g/mol. The molecule has 0 saturated carbocycles. The molecule has 172 valence electrons. The van der Waals surface area contributed by atoms with Gasteiger partial charge in [-0.05, 0) is 0 Å². The van der Waals surface area contributed by atoms with Crippen LogP contribution in [0.25, 0.3) is 0 Å². The van der Waals surface area contributed by atoms with Crippen molar-refractivity contribution in [3.8, 4) is 0 Å². The van der Waals surface area contributed by atoms with Gasteiger partial charge in [0.05, 0.1) is 0 Å². The number of hydrogen-bond acceptors (Lipinski definition) is 1. The average molecular weight is 607 g/mol. The fourth-order valence-corrected chi connectivity index (χ4v) is 11.9. The Morgan fingerprint density at radius 3 is 1.45 bits per heavy atom. The van der Waals surface area contributed by atoms with Gasteiger partial charge in [-0.1, -0.05) is 0 Å². The summed E-state index contributed by atoms with van der Waals surface area (Å²) in [5.74, 6) is 0. The summed E-state index contributed by atoms with van der Waals surface area (Å²) >= 11 is 6.02. The fraction of sp³-hybridized carbons (Fsp3) is 0.143. The normalized spacial score (nSPS) is 13.4. The van der Waals surface area contributed by atoms with Crippen LogP contribution < -0.4 is 15.9 Å². The Morgan fingerprint density at radius 2 is 1.06 bits per heavy atom. The molecule has 2 atom stereocenters. The molecule has 1 N–H and O–H groups in total. The van der Waals surface area contributed by atoms with Crippen molar-refractivity contribution in [2.75, 3.05) is 6.16 Å². The summed E-state index contributed by atoms with van der Waals surface area (Å²) in [7, 11) is 3.37. The van der Waals surface area contributed by atoms with E-state index in [1.54, 1.807) is 0 Å². The van der Waals surface area contributed by atoms with Crippen molar-refractivity contribution in [3.63, 3.8) is 0 Å². The van der Waals surface area contributed by atoms with Gasteiger partial charge in [-0.2, -0.15) is 0 Å². The van der Waals surface area contributed by atoms with Gasteiger partial charge in [0.2, 0.25) is 0 Å². The zero-order valence-corrected chi connectivity index (χ0v) is 23.6. The molecule has 0 fully saturated rings. The monoisotopic (exact) mass is 606 g/mol. The van der Waals surface area contributed by atoms with Gasteiger partial charge < -0.3 is 0 Å². The average Bonchev–Trinajstić information content (AvgIpc) is 2.86. The Morgan fingerprint density at radius 1 is 0.667 bits per heavy atom. The van der Waals surface area contributed by atoms with Crippen LogP contribution in [-0.2, 0) is 0 Å². The first-order valence-electron chi connectivity index (χ1n) is 10.9. The van der Waals surface area contributed by atoms with E-state index < -0.39 is 12.4 Å². The van der Waals surface area contributed by atoms with E-state index in [0.29, 0.717) is 11.4 Å². The van der Waals surface area contributed by atoms with Crippen molar-refractivity contribution in [2.45, 2.75) is 18.9 Å². The van der Waals surface area contributed by atoms with E-state index in [0.717, 1.165) is 18.1 Å². The zero-order chi connectivity index (χ0) is 22.5. The minimum absolute atomic E-state index is 0. The van der Waals surface area contributed by atoms with Crippen LogP contribution in [0.2, 0.25) is 5.02 Å². The Kier molecular flexibility index (Phi) is 9.12. The molecule has 4 aromatic rings. The number of rotatable bonds is 8. The third-order valence-corrected chi connectivity index (χ3v) is 15.8. The second kappa shape index (κ2) is 11.4. The van der Waals surface area contributed by atoms with Crippen LogP contribution >= 0.6 is 50.8 Å². The molecule has 0 aliphatic rings. The van der Waals surface area contributed by atoms with Crippen LogP contribution in [0.4, 0.5) is 0 Å². The van der Waals surface area contributed by atoms with Crippen LogP contribution in [0.5, 0.6) is 0 Å². The van der Waals surface area contributed by atoms with Gasteiger partial charge in [0.25, 0.3) is 0 Å². The molecule has 0 spiro atoms. The molecule has 0 heterocycles. The maximum atomic E-state index is 10.9. The number of aliphatic hydroxyl groups excluding tert-OH is 1. The van der Waals surface area contributed by atoms with Gasteiger partial charge in [0.1, 0.15) is 0 Å². The summed E-state index contributed by atoms with van der Waals surface area (Å²) in [6, 6.07) is 40.1. The predicted molar refractivity (Wildman–Crippen MR) is 161 cm³/mol. The van der Waals surface area contributed by atoms with Crippen molar-refractivity contribution < 1.29 is 5.11 Å². The molecule has 0 aliphatic carbocycles. The topological polar surface area (TPSA) is 20.2 Å². The van der Waals surface area contributed by atoms with Crippen LogP contribution in [0, 0.1) is 0 Å². The first-order chi connectivity index (χ1) is 15.5. The first-order valence-corrected chi connectivity index (χ1v) is 15.4. The van der Waals surface area contributed by atoms with Gasteiger partial charge in [-0.15, -0.1) is 24.0 Å². The van der Waals surface area contributed by atoms with E-state index in [9.17, 15) is 5.11 Å². The van der Waals surface area contributed by atoms with Gasteiger partial charge in [-0.25, -0.2) is 0 Å². The van der Waals surface area contributed by atoms with E-state index in [1.807, 2.05) is 24.3 Å². The van der Waals surface area contributed by atoms with Gasteiger partial charge >= 0.3 is 199 Å². The van der Waals surface area contributed by atoms with Crippen LogP contribution in [0.15, 0.2) is 115 Å². The maximum absolute atomic E-state index is 10.9. The summed E-state index contributed by atoms with van der Waals surface area (Å²) in [4.78, 5) is 0. The van der Waals surface area contributed by atoms with E-state index in [4.69, 9.17) is 11.6 Å². The van der Waals surface area contributed by atoms with E-state index in [-0.39, 0.29) is 24.0 Å². The number of hydrogen-bond donors (Lipinski definition) is 1. The standard InChI is InChI=1S/C28H29ClOP2.HI/c29-24-20-18-23(19-21-24)28(30)17-10-22-32(31,25-11-4-1-5-12-25,26-13-6-2-7-14-26)27-15-8-3-9-16-27;/h1-9,11-16,18-21,28,30H,10,17,22,31H2;1H. The Balaban J connectivity index is 0.00000306. The summed E-state index contributed by atoms with van der Waals surface area (Å²) in [5.41, 5.74) is 0.914. The summed E-state index contributed by atoms with van der Waals surface area (Å²) in [6.45, 7) is 0. The van der Waals surface area contributed by atoms with Crippen LogP contribution in [0.1, 0.15) is 24.5 Å². The molecule has 5 heteroatoms. The van der Waals surface area contributed by atoms with Crippen LogP contribution in [0.3, 0.4) is 0 Å². The van der Waals surface area contributed by atoms with Crippen molar-refractivity contribution in [1.82, 2.24) is 0 Å².